The van der Waals surface area contributed by atoms with Gasteiger partial charge in [0.15, 0.2) is 0 Å². The lowest BCUT2D eigenvalue weighted by Gasteiger charge is -2.47. The summed E-state index contributed by atoms with van der Waals surface area (Å²) in [5, 5.41) is 31.6. The third-order valence-corrected chi connectivity index (χ3v) is 6.45. The molecule has 2 fully saturated rings. The van der Waals surface area contributed by atoms with Crippen molar-refractivity contribution in [3.8, 4) is 5.75 Å². The van der Waals surface area contributed by atoms with Crippen molar-refractivity contribution in [1.29, 1.82) is 0 Å². The number of benzene rings is 2. The monoisotopic (exact) mass is 367 g/mol. The maximum Gasteiger partial charge on any atom is 0.115 e. The summed E-state index contributed by atoms with van der Waals surface area (Å²) in [6.07, 6.45) is 3.76. The highest BCUT2D eigenvalue weighted by Gasteiger charge is 2.49. The Morgan fingerprint density at radius 1 is 1.00 bits per heavy atom. The molecule has 0 aliphatic carbocycles. The van der Waals surface area contributed by atoms with Crippen molar-refractivity contribution in [2.45, 2.75) is 68.9 Å². The maximum absolute atomic E-state index is 11.3. The Hall–Kier alpha value is -1.88. The van der Waals surface area contributed by atoms with E-state index in [2.05, 4.69) is 24.0 Å². The molecule has 2 heterocycles. The molecule has 27 heavy (non-hydrogen) atoms. The van der Waals surface area contributed by atoms with Crippen LogP contribution in [0.1, 0.15) is 49.8 Å². The normalized spacial score (nSPS) is 30.2. The van der Waals surface area contributed by atoms with E-state index in [1.807, 2.05) is 18.2 Å². The van der Waals surface area contributed by atoms with E-state index in [1.165, 1.54) is 5.56 Å². The summed E-state index contributed by atoms with van der Waals surface area (Å²) in [6, 6.07) is 17.6. The van der Waals surface area contributed by atoms with E-state index in [-0.39, 0.29) is 11.8 Å². The van der Waals surface area contributed by atoms with Crippen molar-refractivity contribution in [3.05, 3.63) is 65.7 Å². The smallest absolute Gasteiger partial charge is 0.115 e. The minimum Gasteiger partial charge on any atom is -0.508 e. The first-order chi connectivity index (χ1) is 13.0. The first-order valence-electron chi connectivity index (χ1n) is 9.96. The van der Waals surface area contributed by atoms with Crippen LogP contribution in [0.25, 0.3) is 0 Å². The van der Waals surface area contributed by atoms with Crippen LogP contribution in [0.4, 0.5) is 0 Å². The SMILES string of the molecule is C[C@H]([C@@H](O)c1ccc(O)cc1)N1C2CCC1CC(O)(Cc1ccccc1)C2. The van der Waals surface area contributed by atoms with Gasteiger partial charge in [-0.25, -0.2) is 0 Å². The number of phenols is 1. The van der Waals surface area contributed by atoms with E-state index in [1.54, 1.807) is 24.3 Å². The molecule has 4 nitrogen and oxygen atoms in total. The van der Waals surface area contributed by atoms with Gasteiger partial charge in [0, 0.05) is 24.5 Å². The predicted octanol–water partition coefficient (Wildman–Crippen LogP) is 3.41. The zero-order valence-corrected chi connectivity index (χ0v) is 15.8. The number of nitrogens with zero attached hydrogens (tertiary/aromatic N) is 1. The number of aliphatic hydroxyl groups excluding tert-OH is 1. The number of piperidine rings is 1. The summed E-state index contributed by atoms with van der Waals surface area (Å²) >= 11 is 0. The molecule has 2 aromatic carbocycles. The number of phenolic OH excluding ortho intramolecular Hbond substituents is 1. The van der Waals surface area contributed by atoms with E-state index >= 15 is 0 Å². The Bertz CT molecular complexity index is 747. The van der Waals surface area contributed by atoms with E-state index in [0.717, 1.165) is 31.2 Å². The molecule has 3 N–H and O–H groups in total. The molecule has 2 bridgehead atoms. The number of fused-ring (bicyclic) bond motifs is 2. The number of aliphatic hydroxyl groups is 2. The van der Waals surface area contributed by atoms with Crippen molar-refractivity contribution in [2.24, 2.45) is 0 Å². The van der Waals surface area contributed by atoms with Crippen LogP contribution in [-0.4, -0.2) is 43.9 Å². The summed E-state index contributed by atoms with van der Waals surface area (Å²) in [6.45, 7) is 2.07. The van der Waals surface area contributed by atoms with Crippen molar-refractivity contribution >= 4 is 0 Å². The van der Waals surface area contributed by atoms with Gasteiger partial charge >= 0.3 is 0 Å². The van der Waals surface area contributed by atoms with Crippen molar-refractivity contribution in [3.63, 3.8) is 0 Å². The zero-order valence-electron chi connectivity index (χ0n) is 15.8. The van der Waals surface area contributed by atoms with E-state index in [9.17, 15) is 15.3 Å². The second-order valence-electron chi connectivity index (χ2n) is 8.40. The second kappa shape index (κ2) is 7.27. The van der Waals surface area contributed by atoms with Gasteiger partial charge in [-0.05, 0) is 55.9 Å². The fourth-order valence-corrected chi connectivity index (χ4v) is 5.25. The van der Waals surface area contributed by atoms with Crippen molar-refractivity contribution in [2.75, 3.05) is 0 Å². The lowest BCUT2D eigenvalue weighted by atomic mass is 9.80. The van der Waals surface area contributed by atoms with Crippen molar-refractivity contribution in [1.82, 2.24) is 4.90 Å². The molecule has 4 heteroatoms. The highest BCUT2D eigenvalue weighted by molar-refractivity contribution is 5.28. The van der Waals surface area contributed by atoms with Gasteiger partial charge in [-0.2, -0.15) is 0 Å². The van der Waals surface area contributed by atoms with Gasteiger partial charge in [0.25, 0.3) is 0 Å². The molecule has 0 radical (unpaired) electrons. The molecule has 0 saturated carbocycles. The third kappa shape index (κ3) is 3.75. The summed E-state index contributed by atoms with van der Waals surface area (Å²) in [4.78, 5) is 2.43. The lowest BCUT2D eigenvalue weighted by molar-refractivity contribution is -0.0798. The van der Waals surface area contributed by atoms with E-state index < -0.39 is 11.7 Å². The Labute approximate surface area is 161 Å². The highest BCUT2D eigenvalue weighted by atomic mass is 16.3. The average molecular weight is 367 g/mol. The van der Waals surface area contributed by atoms with Gasteiger partial charge in [-0.15, -0.1) is 0 Å². The number of hydrogen-bond acceptors (Lipinski definition) is 4. The van der Waals surface area contributed by atoms with Gasteiger partial charge in [-0.1, -0.05) is 42.5 Å². The topological polar surface area (TPSA) is 63.9 Å². The summed E-state index contributed by atoms with van der Waals surface area (Å²) < 4.78 is 0. The minimum atomic E-state index is -0.660. The Morgan fingerprint density at radius 2 is 1.59 bits per heavy atom. The Morgan fingerprint density at radius 3 is 2.19 bits per heavy atom. The van der Waals surface area contributed by atoms with E-state index in [0.29, 0.717) is 18.5 Å². The van der Waals surface area contributed by atoms with Gasteiger partial charge in [0.2, 0.25) is 0 Å². The molecule has 4 atom stereocenters. The summed E-state index contributed by atoms with van der Waals surface area (Å²) in [5.41, 5.74) is 1.35. The molecule has 2 aliphatic heterocycles. The average Bonchev–Trinajstić information content (AvgIpc) is 2.94. The zero-order chi connectivity index (χ0) is 19.0. The molecule has 2 saturated heterocycles. The number of hydrogen-bond donors (Lipinski definition) is 3. The van der Waals surface area contributed by atoms with Gasteiger partial charge < -0.3 is 15.3 Å². The molecular weight excluding hydrogens is 338 g/mol. The van der Waals surface area contributed by atoms with Crippen LogP contribution >= 0.6 is 0 Å². The van der Waals surface area contributed by atoms with Crippen LogP contribution < -0.4 is 0 Å². The highest BCUT2D eigenvalue weighted by Crippen LogP contribution is 2.44. The first kappa shape index (κ1) is 18.5. The molecule has 2 aliphatic rings. The fourth-order valence-electron chi connectivity index (χ4n) is 5.25. The molecular formula is C23H29NO3. The van der Waals surface area contributed by atoms with Crippen molar-refractivity contribution < 1.29 is 15.3 Å². The third-order valence-electron chi connectivity index (χ3n) is 6.45. The fraction of sp³-hybridized carbons (Fsp3) is 0.478. The Balaban J connectivity index is 1.48. The summed E-state index contributed by atoms with van der Waals surface area (Å²) in [5.74, 6) is 0.211. The van der Waals surface area contributed by atoms with Crippen LogP contribution in [0, 0.1) is 0 Å². The second-order valence-corrected chi connectivity index (χ2v) is 8.40. The summed E-state index contributed by atoms with van der Waals surface area (Å²) in [7, 11) is 0. The standard InChI is InChI=1S/C23H29NO3/c1-16(22(26)18-7-11-21(25)12-8-18)24-19-9-10-20(24)15-23(27,14-19)13-17-5-3-2-4-6-17/h2-8,11-12,16,19-20,22,25-27H,9-10,13-15H2,1H3/t16-,19?,20?,22-,23?/m1/s1. The quantitative estimate of drug-likeness (QED) is 0.758. The Kier molecular flexibility index (Phi) is 4.97. The molecule has 0 amide bonds. The molecule has 4 rings (SSSR count). The number of aromatic hydroxyl groups is 1. The van der Waals surface area contributed by atoms with Crippen LogP contribution in [0.5, 0.6) is 5.75 Å². The molecule has 0 aromatic heterocycles. The van der Waals surface area contributed by atoms with Gasteiger partial charge in [0.05, 0.1) is 11.7 Å². The van der Waals surface area contributed by atoms with E-state index in [4.69, 9.17) is 0 Å². The minimum absolute atomic E-state index is 0.0201. The largest absolute Gasteiger partial charge is 0.508 e. The van der Waals surface area contributed by atoms with Gasteiger partial charge in [-0.3, -0.25) is 4.90 Å². The molecule has 144 valence electrons. The number of rotatable bonds is 5. The lowest BCUT2D eigenvalue weighted by Crippen LogP contribution is -2.55. The van der Waals surface area contributed by atoms with Gasteiger partial charge in [0.1, 0.15) is 5.75 Å². The predicted molar refractivity (Wildman–Crippen MR) is 106 cm³/mol. The maximum atomic E-state index is 11.3. The van der Waals surface area contributed by atoms with Crippen LogP contribution in [0.2, 0.25) is 0 Å². The molecule has 0 spiro atoms. The first-order valence-corrected chi connectivity index (χ1v) is 9.96. The van der Waals surface area contributed by atoms with Crippen LogP contribution in [0.15, 0.2) is 54.6 Å². The van der Waals surface area contributed by atoms with Crippen LogP contribution in [0.3, 0.4) is 0 Å². The molecule has 2 unspecified atom stereocenters. The molecule has 2 aromatic rings. The van der Waals surface area contributed by atoms with Crippen LogP contribution in [-0.2, 0) is 6.42 Å².